The van der Waals surface area contributed by atoms with Crippen LogP contribution in [0.25, 0.3) is 55.4 Å². The van der Waals surface area contributed by atoms with Gasteiger partial charge in [0.25, 0.3) is 0 Å². The van der Waals surface area contributed by atoms with E-state index in [1.807, 2.05) is 91.9 Å². The quantitative estimate of drug-likeness (QED) is 0.150. The number of aliphatic hydroxyl groups is 1. The van der Waals surface area contributed by atoms with Gasteiger partial charge in [0.2, 0.25) is 0 Å². The van der Waals surface area contributed by atoms with Crippen LogP contribution < -0.4 is 26.8 Å². The van der Waals surface area contributed by atoms with Crippen LogP contribution in [-0.2, 0) is 10.3 Å². The van der Waals surface area contributed by atoms with Gasteiger partial charge >= 0.3 is 29.0 Å². The SMILES string of the molecule is C.CCOC(=O)c1cc2ccc(N3CCCN(C)CC3)nc2n2c1nc1ccccc12.CN1CCCN(c2ccc3cc(C(C)(C)O)c4nc5ccccc5n4c3n2)CC1.[Br-].[CH3-].[Mg+2]. The molecule has 2 aromatic carbocycles. The van der Waals surface area contributed by atoms with E-state index >= 15 is 0 Å². The van der Waals surface area contributed by atoms with Crippen molar-refractivity contribution < 1.29 is 31.6 Å². The number of benzene rings is 2. The third-order valence-corrected chi connectivity index (χ3v) is 11.6. The van der Waals surface area contributed by atoms with Gasteiger partial charge in [0, 0.05) is 55.6 Å². The number of carbonyl (C=O) groups is 1. The Balaban J connectivity index is 0.000000223. The second-order valence-corrected chi connectivity index (χ2v) is 16.4. The molecule has 2 aliphatic heterocycles. The van der Waals surface area contributed by atoms with Gasteiger partial charge in [-0.1, -0.05) is 31.7 Å². The number of aromatic nitrogens is 6. The minimum atomic E-state index is -0.995. The van der Waals surface area contributed by atoms with E-state index in [0.29, 0.717) is 17.8 Å². The maximum atomic E-state index is 12.7. The van der Waals surface area contributed by atoms with Crippen molar-refractivity contribution in [3.05, 3.63) is 103 Å². The summed E-state index contributed by atoms with van der Waals surface area (Å²) in [5.74, 6) is 1.60. The topological polar surface area (TPSA) is 120 Å². The summed E-state index contributed by atoms with van der Waals surface area (Å²) in [6, 6.07) is 28.2. The number of fused-ring (bicyclic) bond motifs is 10. The molecule has 0 atom stereocenters. The standard InChI is InChI=1S/C23H25N5O2.C23H27N5O.CH4.CH3.BrH.Mg/c1-3-30-23(29)17-15-16-9-10-20(27-12-6-11-26(2)13-14-27)25-21(16)28-19-8-5-4-7-18(19)24-22(17)28;1-23(2,29)17-15-16-9-10-20(27-12-6-11-26(3)13-14-27)25-21(16)28-19-8-5-4-7-18(19)24-22(17)28;;;;/h4-5,7-10,15H,3,6,11-14H2,1-2H3;4-5,7-10,15,29H,6,11-14H2,1-3H3;1H4;1H3;1H;/q;;;-1;;+2/p-1. The van der Waals surface area contributed by atoms with Gasteiger partial charge in [-0.25, -0.2) is 24.7 Å². The molecule has 0 unspecified atom stereocenters. The number of anilines is 2. The Morgan fingerprint density at radius 2 is 1.13 bits per heavy atom. The first-order valence-corrected chi connectivity index (χ1v) is 20.8. The van der Waals surface area contributed by atoms with Gasteiger partial charge in [-0.2, -0.15) is 0 Å². The molecule has 2 fully saturated rings. The van der Waals surface area contributed by atoms with Crippen molar-refractivity contribution in [2.45, 2.75) is 46.6 Å². The summed E-state index contributed by atoms with van der Waals surface area (Å²) in [7, 11) is 4.34. The second-order valence-electron chi connectivity index (χ2n) is 16.4. The van der Waals surface area contributed by atoms with Crippen LogP contribution in [0.15, 0.2) is 84.9 Å². The number of halogens is 1. The number of esters is 1. The van der Waals surface area contributed by atoms with Crippen molar-refractivity contribution >= 4 is 96.1 Å². The van der Waals surface area contributed by atoms with E-state index in [-0.39, 0.29) is 60.9 Å². The number of imidazole rings is 2. The van der Waals surface area contributed by atoms with Gasteiger partial charge in [0.1, 0.15) is 34.1 Å². The molecule has 13 nitrogen and oxygen atoms in total. The predicted octanol–water partition coefficient (Wildman–Crippen LogP) is 4.47. The van der Waals surface area contributed by atoms with Crippen molar-refractivity contribution in [2.24, 2.45) is 0 Å². The summed E-state index contributed by atoms with van der Waals surface area (Å²) in [6.45, 7) is 14.0. The number of hydrogen-bond donors (Lipinski definition) is 1. The first-order chi connectivity index (χ1) is 28.6. The zero-order valence-electron chi connectivity index (χ0n) is 36.7. The monoisotopic (exact) mass is 926 g/mol. The maximum absolute atomic E-state index is 12.7. The van der Waals surface area contributed by atoms with E-state index in [9.17, 15) is 9.90 Å². The Morgan fingerprint density at radius 3 is 1.63 bits per heavy atom. The van der Waals surface area contributed by atoms with Gasteiger partial charge in [-0.15, -0.1) is 0 Å². The van der Waals surface area contributed by atoms with E-state index in [2.05, 4.69) is 56.3 Å². The molecule has 0 amide bonds. The number of ether oxygens (including phenoxy) is 1. The number of carbonyl (C=O) groups excluding carboxylic acids is 1. The molecular weight excluding hydrogens is 869 g/mol. The Hall–Kier alpha value is -4.64. The summed E-state index contributed by atoms with van der Waals surface area (Å²) >= 11 is 0. The zero-order chi connectivity index (χ0) is 40.8. The van der Waals surface area contributed by atoms with Crippen LogP contribution in [0.2, 0.25) is 0 Å². The van der Waals surface area contributed by atoms with Crippen LogP contribution in [0.4, 0.5) is 11.6 Å². The van der Waals surface area contributed by atoms with Crippen LogP contribution in [0.1, 0.15) is 57.0 Å². The fraction of sp³-hybridized carbons (Fsp3) is 0.375. The predicted molar refractivity (Wildman–Crippen MR) is 255 cm³/mol. The molecule has 1 N–H and O–H groups in total. The number of pyridine rings is 4. The summed E-state index contributed by atoms with van der Waals surface area (Å²) in [6.07, 6.45) is 2.25. The Bertz CT molecular complexity index is 2860. The Kier molecular flexibility index (Phi) is 16.0. The van der Waals surface area contributed by atoms with E-state index in [4.69, 9.17) is 24.7 Å². The molecule has 10 rings (SSSR count). The van der Waals surface area contributed by atoms with Crippen LogP contribution in [0.3, 0.4) is 0 Å². The minimum absolute atomic E-state index is 0. The van der Waals surface area contributed by atoms with Crippen molar-refractivity contribution in [3.8, 4) is 0 Å². The first-order valence-electron chi connectivity index (χ1n) is 20.8. The van der Waals surface area contributed by atoms with Gasteiger partial charge in [-0.05, 0) is 121 Å². The van der Waals surface area contributed by atoms with Crippen LogP contribution in [-0.4, -0.2) is 146 Å². The van der Waals surface area contributed by atoms with E-state index in [1.165, 1.54) is 0 Å². The molecule has 8 aromatic rings. The molecule has 2 aliphatic rings. The molecule has 15 heteroatoms. The number of likely N-dealkylation sites (N-methyl/N-ethyl adjacent to an activating group) is 2. The van der Waals surface area contributed by atoms with Gasteiger partial charge in [-0.3, -0.25) is 8.80 Å². The summed E-state index contributed by atoms with van der Waals surface area (Å²) in [4.78, 5) is 41.8. The van der Waals surface area contributed by atoms with Crippen LogP contribution >= 0.6 is 0 Å². The summed E-state index contributed by atoms with van der Waals surface area (Å²) in [5, 5.41) is 12.7. The number of rotatable bonds is 5. The molecule has 0 saturated carbocycles. The van der Waals surface area contributed by atoms with Gasteiger partial charge < -0.3 is 53.9 Å². The third-order valence-electron chi connectivity index (χ3n) is 11.6. The Labute approximate surface area is 397 Å². The molecule has 0 spiro atoms. The molecule has 8 heterocycles. The average molecular weight is 928 g/mol. The van der Waals surface area contributed by atoms with Crippen molar-refractivity contribution in [2.75, 3.05) is 82.9 Å². The Morgan fingerprint density at radius 1 is 0.651 bits per heavy atom. The first kappa shape index (κ1) is 49.4. The largest absolute Gasteiger partial charge is 2.00 e. The fourth-order valence-corrected chi connectivity index (χ4v) is 8.48. The maximum Gasteiger partial charge on any atom is 2.00 e. The summed E-state index contributed by atoms with van der Waals surface area (Å²) < 4.78 is 9.39. The normalized spacial score (nSPS) is 15.2. The number of nitrogens with zero attached hydrogens (tertiary/aromatic N) is 10. The molecule has 328 valence electrons. The smallest absolute Gasteiger partial charge is 1.00 e. The number of hydrogen-bond acceptors (Lipinski definition) is 11. The molecule has 0 bridgehead atoms. The van der Waals surface area contributed by atoms with E-state index in [1.54, 1.807) is 0 Å². The zero-order valence-corrected chi connectivity index (χ0v) is 39.7. The van der Waals surface area contributed by atoms with Gasteiger partial charge in [0.15, 0.2) is 5.65 Å². The van der Waals surface area contributed by atoms with Crippen LogP contribution in [0, 0.1) is 7.43 Å². The molecule has 6 aromatic heterocycles. The average Bonchev–Trinajstić information content (AvgIpc) is 3.64. The fourth-order valence-electron chi connectivity index (χ4n) is 8.48. The molecule has 63 heavy (non-hydrogen) atoms. The van der Waals surface area contributed by atoms with Crippen LogP contribution in [0.5, 0.6) is 0 Å². The number of para-hydroxylation sites is 4. The van der Waals surface area contributed by atoms with Gasteiger partial charge in [0.05, 0.1) is 34.3 Å². The minimum Gasteiger partial charge on any atom is -1.00 e. The van der Waals surface area contributed by atoms with Crippen molar-refractivity contribution in [3.63, 3.8) is 0 Å². The second kappa shape index (κ2) is 20.5. The molecule has 0 radical (unpaired) electrons. The van der Waals surface area contributed by atoms with E-state index in [0.717, 1.165) is 132 Å². The third kappa shape index (κ3) is 9.74. The summed E-state index contributed by atoms with van der Waals surface area (Å²) in [5.41, 5.74) is 7.02. The van der Waals surface area contributed by atoms with Crippen molar-refractivity contribution in [1.82, 2.24) is 38.5 Å². The molecular formula is C48H59BrMgN10O3. The molecule has 0 aliphatic carbocycles. The van der Waals surface area contributed by atoms with Crippen molar-refractivity contribution in [1.29, 1.82) is 0 Å². The molecule has 2 saturated heterocycles. The van der Waals surface area contributed by atoms with E-state index < -0.39 is 5.60 Å².